The Kier molecular flexibility index (Phi) is 5.79. The van der Waals surface area contributed by atoms with Gasteiger partial charge in [0.15, 0.2) is 5.11 Å². The fourth-order valence-corrected chi connectivity index (χ4v) is 4.42. The van der Waals surface area contributed by atoms with E-state index in [0.717, 1.165) is 28.5 Å². The van der Waals surface area contributed by atoms with Crippen molar-refractivity contribution >= 4 is 23.0 Å². The van der Waals surface area contributed by atoms with E-state index >= 15 is 0 Å². The second-order valence-electron chi connectivity index (χ2n) is 7.63. The average molecular weight is 460 g/mol. The standard InChI is InChI=1S/C26H22FN3O2S/c1-2-31-20-12-10-19(11-13-20)30-25(24(29-26(30)33)21-5-3-4-16-28-21)23-15-14-22(32-23)17-6-8-18(27)9-7-17/h3-16,24-25H,2H2,1H3,(H,29,33)/t24-,25-/m0/s1. The number of pyridine rings is 1. The van der Waals surface area contributed by atoms with E-state index in [4.69, 9.17) is 21.4 Å². The quantitative estimate of drug-likeness (QED) is 0.354. The molecule has 4 aromatic rings. The van der Waals surface area contributed by atoms with Gasteiger partial charge in [-0.25, -0.2) is 4.39 Å². The second-order valence-corrected chi connectivity index (χ2v) is 8.02. The van der Waals surface area contributed by atoms with Gasteiger partial charge in [-0.05, 0) is 91.9 Å². The van der Waals surface area contributed by atoms with Crippen LogP contribution in [0.15, 0.2) is 89.5 Å². The van der Waals surface area contributed by atoms with Crippen LogP contribution >= 0.6 is 12.2 Å². The number of hydrogen-bond donors (Lipinski definition) is 1. The van der Waals surface area contributed by atoms with Crippen LogP contribution in [0.4, 0.5) is 10.1 Å². The van der Waals surface area contributed by atoms with E-state index in [1.54, 1.807) is 18.3 Å². The van der Waals surface area contributed by atoms with Crippen molar-refractivity contribution in [1.82, 2.24) is 10.3 Å². The minimum Gasteiger partial charge on any atom is -0.494 e. The summed E-state index contributed by atoms with van der Waals surface area (Å²) in [4.78, 5) is 6.60. The summed E-state index contributed by atoms with van der Waals surface area (Å²) in [6.07, 6.45) is 1.77. The van der Waals surface area contributed by atoms with Crippen molar-refractivity contribution in [2.24, 2.45) is 0 Å². The van der Waals surface area contributed by atoms with E-state index < -0.39 is 0 Å². The van der Waals surface area contributed by atoms with Gasteiger partial charge < -0.3 is 19.4 Å². The first-order valence-electron chi connectivity index (χ1n) is 10.7. The largest absolute Gasteiger partial charge is 0.494 e. The van der Waals surface area contributed by atoms with Crippen LogP contribution in [-0.2, 0) is 0 Å². The lowest BCUT2D eigenvalue weighted by molar-refractivity contribution is 0.340. The molecular formula is C26H22FN3O2S. The Labute approximate surface area is 196 Å². The van der Waals surface area contributed by atoms with Crippen LogP contribution in [0.3, 0.4) is 0 Å². The van der Waals surface area contributed by atoms with E-state index in [2.05, 4.69) is 10.3 Å². The lowest BCUT2D eigenvalue weighted by Gasteiger charge is -2.26. The van der Waals surface area contributed by atoms with Crippen molar-refractivity contribution in [2.45, 2.75) is 19.0 Å². The van der Waals surface area contributed by atoms with Gasteiger partial charge in [0.2, 0.25) is 0 Å². The molecule has 5 nitrogen and oxygen atoms in total. The maximum atomic E-state index is 13.4. The molecule has 1 aliphatic rings. The number of thiocarbonyl (C=S) groups is 1. The van der Waals surface area contributed by atoms with Gasteiger partial charge in [0, 0.05) is 17.4 Å². The molecule has 1 fully saturated rings. The molecule has 5 rings (SSSR count). The van der Waals surface area contributed by atoms with Gasteiger partial charge in [0.05, 0.1) is 18.3 Å². The Balaban J connectivity index is 1.55. The predicted molar refractivity (Wildman–Crippen MR) is 130 cm³/mol. The summed E-state index contributed by atoms with van der Waals surface area (Å²) in [5.41, 5.74) is 2.58. The molecule has 7 heteroatoms. The Morgan fingerprint density at radius 3 is 2.52 bits per heavy atom. The van der Waals surface area contributed by atoms with Crippen molar-refractivity contribution < 1.29 is 13.5 Å². The number of anilines is 1. The summed E-state index contributed by atoms with van der Waals surface area (Å²) in [6.45, 7) is 2.56. The first-order chi connectivity index (χ1) is 16.1. The van der Waals surface area contributed by atoms with Gasteiger partial charge in [0.1, 0.15) is 29.1 Å². The SMILES string of the molecule is CCOc1ccc(N2C(=S)N[C@@H](c3ccccn3)[C@@H]2c2ccc(-c3ccc(F)cc3)o2)cc1. The molecule has 0 amide bonds. The topological polar surface area (TPSA) is 50.5 Å². The molecule has 2 aromatic heterocycles. The van der Waals surface area contributed by atoms with E-state index in [0.29, 0.717) is 17.5 Å². The maximum Gasteiger partial charge on any atom is 0.174 e. The van der Waals surface area contributed by atoms with Crippen molar-refractivity contribution in [1.29, 1.82) is 0 Å². The summed E-state index contributed by atoms with van der Waals surface area (Å²) in [5.74, 6) is 1.90. The van der Waals surface area contributed by atoms with Gasteiger partial charge in [-0.3, -0.25) is 4.98 Å². The normalized spacial score (nSPS) is 17.8. The van der Waals surface area contributed by atoms with E-state index in [-0.39, 0.29) is 17.9 Å². The number of nitrogens with zero attached hydrogens (tertiary/aromatic N) is 2. The van der Waals surface area contributed by atoms with E-state index in [9.17, 15) is 4.39 Å². The minimum absolute atomic E-state index is 0.211. The average Bonchev–Trinajstić information content (AvgIpc) is 3.46. The fraction of sp³-hybridized carbons (Fsp3) is 0.154. The number of halogens is 1. The molecule has 0 aliphatic carbocycles. The second kappa shape index (κ2) is 9.03. The molecule has 0 radical (unpaired) electrons. The van der Waals surface area contributed by atoms with Crippen molar-refractivity contribution in [2.75, 3.05) is 11.5 Å². The summed E-state index contributed by atoms with van der Waals surface area (Å²) in [7, 11) is 0. The van der Waals surface area contributed by atoms with Crippen LogP contribution in [0.1, 0.15) is 30.5 Å². The number of aromatic nitrogens is 1. The van der Waals surface area contributed by atoms with Crippen LogP contribution in [0.25, 0.3) is 11.3 Å². The van der Waals surface area contributed by atoms with Gasteiger partial charge in [-0.2, -0.15) is 0 Å². The summed E-state index contributed by atoms with van der Waals surface area (Å²) in [5, 5.41) is 4.00. The number of ether oxygens (including phenoxy) is 1. The molecule has 1 saturated heterocycles. The number of hydrogen-bond acceptors (Lipinski definition) is 4. The van der Waals surface area contributed by atoms with Crippen LogP contribution in [-0.4, -0.2) is 16.7 Å². The highest BCUT2D eigenvalue weighted by Crippen LogP contribution is 2.43. The first kappa shape index (κ1) is 21.2. The number of nitrogens with one attached hydrogen (secondary N) is 1. The number of benzene rings is 2. The molecule has 166 valence electrons. The minimum atomic E-state index is -0.284. The van der Waals surface area contributed by atoms with Crippen LogP contribution in [0.2, 0.25) is 0 Å². The van der Waals surface area contributed by atoms with Gasteiger partial charge in [-0.1, -0.05) is 6.07 Å². The molecule has 2 atom stereocenters. The van der Waals surface area contributed by atoms with Crippen molar-refractivity contribution in [3.05, 3.63) is 102 Å². The van der Waals surface area contributed by atoms with Gasteiger partial charge in [0.25, 0.3) is 0 Å². The molecule has 0 unspecified atom stereocenters. The third-order valence-electron chi connectivity index (χ3n) is 5.57. The van der Waals surface area contributed by atoms with Crippen LogP contribution in [0.5, 0.6) is 5.75 Å². The lowest BCUT2D eigenvalue weighted by Crippen LogP contribution is -2.29. The van der Waals surface area contributed by atoms with Crippen LogP contribution in [0, 0.1) is 5.82 Å². The number of furan rings is 1. The Hall–Kier alpha value is -3.71. The summed E-state index contributed by atoms with van der Waals surface area (Å²) in [6, 6.07) is 23.3. The molecule has 3 heterocycles. The Morgan fingerprint density at radius 1 is 1.03 bits per heavy atom. The zero-order valence-corrected chi connectivity index (χ0v) is 18.8. The highest BCUT2D eigenvalue weighted by molar-refractivity contribution is 7.80. The number of rotatable bonds is 6. The van der Waals surface area contributed by atoms with Gasteiger partial charge >= 0.3 is 0 Å². The molecule has 1 N–H and O–H groups in total. The lowest BCUT2D eigenvalue weighted by atomic mass is 10.0. The molecule has 0 spiro atoms. The highest BCUT2D eigenvalue weighted by Gasteiger charge is 2.42. The zero-order valence-electron chi connectivity index (χ0n) is 17.9. The third-order valence-corrected chi connectivity index (χ3v) is 5.89. The van der Waals surface area contributed by atoms with E-state index in [1.165, 1.54) is 12.1 Å². The summed E-state index contributed by atoms with van der Waals surface area (Å²) < 4.78 is 25.3. The molecule has 33 heavy (non-hydrogen) atoms. The first-order valence-corrected chi connectivity index (χ1v) is 11.1. The highest BCUT2D eigenvalue weighted by atomic mass is 32.1. The van der Waals surface area contributed by atoms with Crippen molar-refractivity contribution in [3.63, 3.8) is 0 Å². The smallest absolute Gasteiger partial charge is 0.174 e. The summed E-state index contributed by atoms with van der Waals surface area (Å²) >= 11 is 5.75. The van der Waals surface area contributed by atoms with Crippen LogP contribution < -0.4 is 15.0 Å². The fourth-order valence-electron chi connectivity index (χ4n) is 4.07. The van der Waals surface area contributed by atoms with Crippen molar-refractivity contribution in [3.8, 4) is 17.1 Å². The zero-order chi connectivity index (χ0) is 22.8. The molecule has 0 saturated carbocycles. The molecule has 0 bridgehead atoms. The Morgan fingerprint density at radius 2 is 1.82 bits per heavy atom. The van der Waals surface area contributed by atoms with E-state index in [1.807, 2.05) is 66.4 Å². The molecule has 2 aromatic carbocycles. The predicted octanol–water partition coefficient (Wildman–Crippen LogP) is 6.06. The monoisotopic (exact) mass is 459 g/mol. The Bertz CT molecular complexity index is 1240. The third kappa shape index (κ3) is 4.19. The molecular weight excluding hydrogens is 437 g/mol. The molecule has 1 aliphatic heterocycles. The van der Waals surface area contributed by atoms with Gasteiger partial charge in [-0.15, -0.1) is 0 Å². The maximum absolute atomic E-state index is 13.4.